The van der Waals surface area contributed by atoms with Gasteiger partial charge in [0, 0.05) is 25.2 Å². The quantitative estimate of drug-likeness (QED) is 0.373. The van der Waals surface area contributed by atoms with Gasteiger partial charge in [-0.1, -0.05) is 5.16 Å². The molecule has 2 aliphatic heterocycles. The van der Waals surface area contributed by atoms with Crippen LogP contribution in [0.2, 0.25) is 0 Å². The maximum Gasteiger partial charge on any atom is 0.409 e. The monoisotopic (exact) mass is 489 g/mol. The Balaban J connectivity index is 1.31. The van der Waals surface area contributed by atoms with E-state index in [1.165, 1.54) is 23.3 Å². The Morgan fingerprint density at radius 2 is 2.03 bits per heavy atom. The smallest absolute Gasteiger partial charge is 0.409 e. The number of nitrogens with zero attached hydrogens (tertiary/aromatic N) is 6. The summed E-state index contributed by atoms with van der Waals surface area (Å²) in [6.45, 7) is 2.95. The Morgan fingerprint density at radius 3 is 2.74 bits per heavy atom. The minimum Gasteiger partial charge on any atom is -0.450 e. The van der Waals surface area contributed by atoms with Gasteiger partial charge in [-0.3, -0.25) is 4.57 Å². The zero-order chi connectivity index (χ0) is 24.5. The first-order valence-corrected chi connectivity index (χ1v) is 11.4. The number of piperidine rings is 1. The highest BCUT2D eigenvalue weighted by Crippen LogP contribution is 2.40. The highest BCUT2D eigenvalue weighted by atomic mass is 16.6. The number of amides is 1. The number of hydrogen-bond acceptors (Lipinski definition) is 12. The van der Waals surface area contributed by atoms with E-state index in [9.17, 15) is 20.1 Å². The van der Waals surface area contributed by atoms with E-state index in [1.807, 2.05) is 0 Å². The lowest BCUT2D eigenvalue weighted by atomic mass is 10.1. The predicted molar refractivity (Wildman–Crippen MR) is 118 cm³/mol. The number of fused-ring (bicyclic) bond motifs is 1. The van der Waals surface area contributed by atoms with Crippen LogP contribution in [0.4, 0.5) is 10.6 Å². The maximum absolute atomic E-state index is 11.9. The van der Waals surface area contributed by atoms with Crippen molar-refractivity contribution in [3.8, 4) is 0 Å². The van der Waals surface area contributed by atoms with Gasteiger partial charge < -0.3 is 39.5 Å². The molecule has 1 amide bonds. The Hall–Kier alpha value is -3.33. The Morgan fingerprint density at radius 1 is 1.23 bits per heavy atom. The largest absolute Gasteiger partial charge is 0.450 e. The van der Waals surface area contributed by atoms with Crippen molar-refractivity contribution >= 4 is 23.1 Å². The Labute approximate surface area is 199 Å². The highest BCUT2D eigenvalue weighted by Gasteiger charge is 2.47. The lowest BCUT2D eigenvalue weighted by Gasteiger charge is -2.31. The summed E-state index contributed by atoms with van der Waals surface area (Å²) in [5.41, 5.74) is 1.19. The number of imidazole rings is 1. The molecule has 0 aliphatic carbocycles. The van der Waals surface area contributed by atoms with Crippen molar-refractivity contribution in [2.24, 2.45) is 0 Å². The molecule has 5 heterocycles. The molecular formula is C21H27N7O7. The lowest BCUT2D eigenvalue weighted by molar-refractivity contribution is -0.0434. The molecule has 0 bridgehead atoms. The Bertz CT molecular complexity index is 1180. The topological polar surface area (TPSA) is 181 Å². The van der Waals surface area contributed by atoms with Gasteiger partial charge in [-0.15, -0.1) is 0 Å². The molecule has 0 saturated carbocycles. The molecule has 14 nitrogen and oxygen atoms in total. The molecule has 2 fully saturated rings. The van der Waals surface area contributed by atoms with Gasteiger partial charge in [-0.05, 0) is 19.8 Å². The van der Waals surface area contributed by atoms with Crippen molar-refractivity contribution in [2.45, 2.75) is 57.0 Å². The molecule has 2 aliphatic rings. The fourth-order valence-electron chi connectivity index (χ4n) is 4.42. The Kier molecular flexibility index (Phi) is 6.51. The fourth-order valence-corrected chi connectivity index (χ4v) is 4.42. The van der Waals surface area contributed by atoms with E-state index in [0.29, 0.717) is 42.4 Å². The summed E-state index contributed by atoms with van der Waals surface area (Å²) in [6.07, 6.45) is -0.566. The first-order valence-electron chi connectivity index (χ1n) is 11.4. The number of hydrogen-bond donors (Lipinski definition) is 4. The van der Waals surface area contributed by atoms with Crippen LogP contribution in [-0.2, 0) is 16.1 Å². The molecule has 0 aromatic carbocycles. The number of carbonyl (C=O) groups excluding carboxylic acids is 1. The molecule has 4 atom stereocenters. The first kappa shape index (κ1) is 23.4. The molecule has 188 valence electrons. The summed E-state index contributed by atoms with van der Waals surface area (Å²) >= 11 is 0. The molecule has 3 aromatic rings. The van der Waals surface area contributed by atoms with Crippen LogP contribution in [0.1, 0.15) is 43.6 Å². The average molecular weight is 489 g/mol. The first-order chi connectivity index (χ1) is 17.0. The van der Waals surface area contributed by atoms with E-state index in [4.69, 9.17) is 14.0 Å². The lowest BCUT2D eigenvalue weighted by Crippen LogP contribution is -2.42. The van der Waals surface area contributed by atoms with E-state index >= 15 is 0 Å². The second-order valence-electron chi connectivity index (χ2n) is 8.46. The van der Waals surface area contributed by atoms with Crippen LogP contribution >= 0.6 is 0 Å². The summed E-state index contributed by atoms with van der Waals surface area (Å²) in [5, 5.41) is 37.5. The summed E-state index contributed by atoms with van der Waals surface area (Å²) in [6, 6.07) is 1.54. The van der Waals surface area contributed by atoms with Gasteiger partial charge in [-0.2, -0.15) is 0 Å². The molecule has 0 radical (unpaired) electrons. The number of carbonyl (C=O) groups is 1. The van der Waals surface area contributed by atoms with Crippen molar-refractivity contribution in [1.29, 1.82) is 0 Å². The summed E-state index contributed by atoms with van der Waals surface area (Å²) in [4.78, 5) is 26.7. The molecular weight excluding hydrogens is 462 g/mol. The molecule has 2 saturated heterocycles. The summed E-state index contributed by atoms with van der Waals surface area (Å²) in [5.74, 6) is 0.717. The average Bonchev–Trinajstić information content (AvgIpc) is 3.58. The molecule has 4 N–H and O–H groups in total. The van der Waals surface area contributed by atoms with E-state index in [-0.39, 0.29) is 24.5 Å². The van der Waals surface area contributed by atoms with Crippen molar-refractivity contribution in [1.82, 2.24) is 29.6 Å². The van der Waals surface area contributed by atoms with Crippen molar-refractivity contribution in [3.63, 3.8) is 0 Å². The zero-order valence-corrected chi connectivity index (χ0v) is 19.0. The van der Waals surface area contributed by atoms with Gasteiger partial charge in [0.2, 0.25) is 0 Å². The second kappa shape index (κ2) is 9.73. The number of ether oxygens (including phenoxy) is 2. The van der Waals surface area contributed by atoms with E-state index in [0.717, 1.165) is 12.8 Å². The van der Waals surface area contributed by atoms with Crippen molar-refractivity contribution in [2.75, 3.05) is 25.0 Å². The molecule has 0 spiro atoms. The van der Waals surface area contributed by atoms with E-state index < -0.39 is 24.5 Å². The second-order valence-corrected chi connectivity index (χ2v) is 8.46. The molecule has 35 heavy (non-hydrogen) atoms. The minimum atomic E-state index is -1.29. The number of aliphatic hydroxyl groups is 3. The third-order valence-electron chi connectivity index (χ3n) is 6.25. The maximum atomic E-state index is 11.9. The number of rotatable bonds is 6. The van der Waals surface area contributed by atoms with Crippen LogP contribution in [0.25, 0.3) is 11.2 Å². The SMILES string of the molecule is CCOC(=O)N1CCC(Nc2ncnc3c2ncn3[C@@H]2O[C@H](c3cc(CO)no3)[C@@H](O)[C@H]2O)CC1. The summed E-state index contributed by atoms with van der Waals surface area (Å²) in [7, 11) is 0. The standard InChI is InChI=1S/C21H27N7O7/c1-2-33-21(32)27-5-3-11(4-6-27)25-18-14-19(23-9-22-18)28(10-24-14)20-16(31)15(30)17(34-20)13-7-12(8-29)26-35-13/h7,9-11,15-17,20,29-31H,2-6,8H2,1H3,(H,22,23,25)/t15-,16+,17+,20+/m0/s1. The molecule has 5 rings (SSSR count). The van der Waals surface area contributed by atoms with Gasteiger partial charge in [0.25, 0.3) is 0 Å². The predicted octanol–water partition coefficient (Wildman–Crippen LogP) is 0.331. The van der Waals surface area contributed by atoms with Gasteiger partial charge in [0.1, 0.15) is 30.3 Å². The normalized spacial score (nSPS) is 25.3. The molecule has 3 aromatic heterocycles. The van der Waals surface area contributed by atoms with E-state index in [1.54, 1.807) is 11.8 Å². The van der Waals surface area contributed by atoms with Crippen LogP contribution in [0, 0.1) is 0 Å². The molecule has 14 heteroatoms. The van der Waals surface area contributed by atoms with E-state index in [2.05, 4.69) is 25.4 Å². The van der Waals surface area contributed by atoms with Crippen LogP contribution in [0.15, 0.2) is 23.2 Å². The van der Waals surface area contributed by atoms with Crippen LogP contribution in [0.3, 0.4) is 0 Å². The number of aromatic nitrogens is 5. The third kappa shape index (κ3) is 4.40. The molecule has 0 unspecified atom stereocenters. The van der Waals surface area contributed by atoms with Gasteiger partial charge in [0.05, 0.1) is 19.5 Å². The van der Waals surface area contributed by atoms with Crippen LogP contribution in [0.5, 0.6) is 0 Å². The number of likely N-dealkylation sites (tertiary alicyclic amines) is 1. The number of nitrogens with one attached hydrogen (secondary N) is 1. The van der Waals surface area contributed by atoms with Crippen LogP contribution < -0.4 is 5.32 Å². The summed E-state index contributed by atoms with van der Waals surface area (Å²) < 4.78 is 17.7. The highest BCUT2D eigenvalue weighted by molar-refractivity contribution is 5.82. The van der Waals surface area contributed by atoms with Gasteiger partial charge in [0.15, 0.2) is 29.0 Å². The number of aliphatic hydroxyl groups excluding tert-OH is 3. The fraction of sp³-hybridized carbons (Fsp3) is 0.571. The van der Waals surface area contributed by atoms with Crippen molar-refractivity contribution in [3.05, 3.63) is 30.2 Å². The van der Waals surface area contributed by atoms with Gasteiger partial charge in [-0.25, -0.2) is 19.7 Å². The number of anilines is 1. The zero-order valence-electron chi connectivity index (χ0n) is 19.0. The van der Waals surface area contributed by atoms with Gasteiger partial charge >= 0.3 is 6.09 Å². The van der Waals surface area contributed by atoms with Crippen LogP contribution in [-0.4, -0.2) is 88.9 Å². The minimum absolute atomic E-state index is 0.0793. The third-order valence-corrected chi connectivity index (χ3v) is 6.25. The van der Waals surface area contributed by atoms with Crippen molar-refractivity contribution < 1.29 is 34.1 Å².